The van der Waals surface area contributed by atoms with Gasteiger partial charge in [0.2, 0.25) is 5.91 Å². The van der Waals surface area contributed by atoms with Crippen LogP contribution in [0.1, 0.15) is 18.4 Å². The van der Waals surface area contributed by atoms with E-state index in [1.165, 1.54) is 0 Å². The molecule has 0 saturated carbocycles. The molecule has 2 aromatic carbocycles. The Labute approximate surface area is 153 Å². The van der Waals surface area contributed by atoms with Gasteiger partial charge < -0.3 is 26.2 Å². The van der Waals surface area contributed by atoms with E-state index in [0.717, 1.165) is 16.3 Å². The predicted molar refractivity (Wildman–Crippen MR) is 93.9 cm³/mol. The Kier molecular flexibility index (Phi) is 7.43. The van der Waals surface area contributed by atoms with E-state index in [0.29, 0.717) is 6.42 Å². The molecule has 0 atom stereocenters. The number of amides is 1. The van der Waals surface area contributed by atoms with Crippen LogP contribution in [0, 0.1) is 0 Å². The molecule has 0 saturated heterocycles. The Morgan fingerprint density at radius 3 is 1.85 bits per heavy atom. The number of nitrogens with two attached hydrogens (primary N) is 1. The highest BCUT2D eigenvalue weighted by molar-refractivity contribution is 5.90. The van der Waals surface area contributed by atoms with Crippen molar-refractivity contribution in [2.45, 2.75) is 24.9 Å². The number of primary amides is 1. The van der Waals surface area contributed by atoms with Crippen molar-refractivity contribution in [1.29, 1.82) is 0 Å². The van der Waals surface area contributed by atoms with Gasteiger partial charge in [-0.2, -0.15) is 0 Å². The van der Waals surface area contributed by atoms with Crippen molar-refractivity contribution in [1.82, 2.24) is 0 Å². The molecule has 1 amide bonds. The molecule has 0 aliphatic heterocycles. The number of carbonyl (C=O) groups excluding carboxylic acids is 1. The molecule has 0 bridgehead atoms. The number of fused-ring (bicyclic) bond motifs is 1. The minimum Gasteiger partial charge on any atom is -0.481 e. The number of carbonyl (C=O) groups is 4. The third kappa shape index (κ3) is 6.75. The molecule has 144 valence electrons. The molecule has 27 heavy (non-hydrogen) atoms. The minimum absolute atomic E-state index is 0.290. The largest absolute Gasteiger partial charge is 0.481 e. The zero-order valence-corrected chi connectivity index (χ0v) is 14.2. The number of hydrogen-bond acceptors (Lipinski definition) is 5. The summed E-state index contributed by atoms with van der Waals surface area (Å²) < 4.78 is 0. The van der Waals surface area contributed by atoms with Crippen LogP contribution in [0.3, 0.4) is 0 Å². The standard InChI is InChI=1S/C12H11NO.C6H8O7/c13-12(14)8-10-6-3-5-9-4-1-2-7-11(9)10;7-3(8)1-6(13,5(11)12)2-4(9)10/h1-7H,8H2,(H2,13,14);13H,1-2H2,(H,7,8)(H,9,10)(H,11,12). The summed E-state index contributed by atoms with van der Waals surface area (Å²) in [6, 6.07) is 13.9. The van der Waals surface area contributed by atoms with E-state index in [-0.39, 0.29) is 5.91 Å². The van der Waals surface area contributed by atoms with E-state index in [1.54, 1.807) is 0 Å². The summed E-state index contributed by atoms with van der Waals surface area (Å²) >= 11 is 0. The number of carboxylic acids is 3. The molecular weight excluding hydrogens is 358 g/mol. The van der Waals surface area contributed by atoms with Gasteiger partial charge in [0.15, 0.2) is 5.60 Å². The molecule has 0 aromatic heterocycles. The number of aliphatic carboxylic acids is 3. The molecule has 2 rings (SSSR count). The van der Waals surface area contributed by atoms with Gasteiger partial charge in [-0.3, -0.25) is 14.4 Å². The van der Waals surface area contributed by atoms with Gasteiger partial charge in [0.1, 0.15) is 0 Å². The topological polar surface area (TPSA) is 175 Å². The number of hydrogen-bond donors (Lipinski definition) is 5. The fraction of sp³-hybridized carbons (Fsp3) is 0.222. The van der Waals surface area contributed by atoms with Crippen molar-refractivity contribution in [3.8, 4) is 0 Å². The maximum atomic E-state index is 10.8. The molecule has 9 nitrogen and oxygen atoms in total. The molecule has 0 radical (unpaired) electrons. The zero-order valence-electron chi connectivity index (χ0n) is 14.2. The van der Waals surface area contributed by atoms with Crippen molar-refractivity contribution in [3.05, 3.63) is 48.0 Å². The first-order chi connectivity index (χ1) is 12.5. The van der Waals surface area contributed by atoms with Crippen LogP contribution in [0.4, 0.5) is 0 Å². The molecular formula is C18H19NO8. The number of benzene rings is 2. The van der Waals surface area contributed by atoms with Crippen LogP contribution in [0.5, 0.6) is 0 Å². The maximum absolute atomic E-state index is 10.8. The van der Waals surface area contributed by atoms with Crippen LogP contribution in [0.15, 0.2) is 42.5 Å². The van der Waals surface area contributed by atoms with Crippen molar-refractivity contribution < 1.29 is 39.6 Å². The van der Waals surface area contributed by atoms with E-state index in [1.807, 2.05) is 42.5 Å². The summed E-state index contributed by atoms with van der Waals surface area (Å²) in [6.07, 6.45) is -1.98. The number of aliphatic hydroxyl groups is 1. The summed E-state index contributed by atoms with van der Waals surface area (Å²) in [4.78, 5) is 41.3. The van der Waals surface area contributed by atoms with E-state index in [4.69, 9.17) is 26.2 Å². The summed E-state index contributed by atoms with van der Waals surface area (Å²) in [7, 11) is 0. The number of rotatable bonds is 7. The smallest absolute Gasteiger partial charge is 0.336 e. The molecule has 0 aliphatic carbocycles. The summed E-state index contributed by atoms with van der Waals surface area (Å²) in [6.45, 7) is 0. The van der Waals surface area contributed by atoms with Gasteiger partial charge >= 0.3 is 17.9 Å². The van der Waals surface area contributed by atoms with Gasteiger partial charge in [0.05, 0.1) is 19.3 Å². The second kappa shape index (κ2) is 9.30. The Hall–Kier alpha value is -3.46. The minimum atomic E-state index is -2.74. The Morgan fingerprint density at radius 2 is 1.37 bits per heavy atom. The van der Waals surface area contributed by atoms with Gasteiger partial charge in [0, 0.05) is 0 Å². The molecule has 0 unspecified atom stereocenters. The summed E-state index contributed by atoms with van der Waals surface area (Å²) in [5, 5.41) is 36.1. The van der Waals surface area contributed by atoms with Crippen molar-refractivity contribution in [3.63, 3.8) is 0 Å². The average molecular weight is 377 g/mol. The highest BCUT2D eigenvalue weighted by Crippen LogP contribution is 2.18. The van der Waals surface area contributed by atoms with Crippen LogP contribution in [0.2, 0.25) is 0 Å². The first-order valence-electron chi connectivity index (χ1n) is 7.69. The van der Waals surface area contributed by atoms with Crippen LogP contribution < -0.4 is 5.73 Å². The molecule has 9 heteroatoms. The van der Waals surface area contributed by atoms with Crippen molar-refractivity contribution in [2.75, 3.05) is 0 Å². The number of carboxylic acid groups (broad SMARTS) is 3. The molecule has 0 aliphatic rings. The lowest BCUT2D eigenvalue weighted by molar-refractivity contribution is -0.170. The lowest BCUT2D eigenvalue weighted by atomic mass is 9.96. The second-order valence-corrected chi connectivity index (χ2v) is 5.76. The lowest BCUT2D eigenvalue weighted by Gasteiger charge is -2.18. The predicted octanol–water partition coefficient (Wildman–Crippen LogP) is 0.619. The van der Waals surface area contributed by atoms with Crippen molar-refractivity contribution >= 4 is 34.6 Å². The first kappa shape index (κ1) is 21.6. The average Bonchev–Trinajstić information content (AvgIpc) is 2.53. The molecule has 0 spiro atoms. The monoisotopic (exact) mass is 377 g/mol. The van der Waals surface area contributed by atoms with Gasteiger partial charge in [0.25, 0.3) is 0 Å². The van der Waals surface area contributed by atoms with Crippen LogP contribution >= 0.6 is 0 Å². The molecule has 2 aromatic rings. The van der Waals surface area contributed by atoms with E-state index >= 15 is 0 Å². The highest BCUT2D eigenvalue weighted by Gasteiger charge is 2.40. The Morgan fingerprint density at radius 1 is 0.852 bits per heavy atom. The van der Waals surface area contributed by atoms with E-state index < -0.39 is 36.4 Å². The van der Waals surface area contributed by atoms with Crippen LogP contribution in [0.25, 0.3) is 10.8 Å². The van der Waals surface area contributed by atoms with Gasteiger partial charge in [-0.1, -0.05) is 42.5 Å². The zero-order chi connectivity index (χ0) is 20.6. The highest BCUT2D eigenvalue weighted by atomic mass is 16.4. The van der Waals surface area contributed by atoms with Crippen molar-refractivity contribution in [2.24, 2.45) is 5.73 Å². The second-order valence-electron chi connectivity index (χ2n) is 5.76. The fourth-order valence-corrected chi connectivity index (χ4v) is 2.35. The third-order valence-electron chi connectivity index (χ3n) is 3.53. The van der Waals surface area contributed by atoms with E-state index in [2.05, 4.69) is 0 Å². The Bertz CT molecular complexity index is 840. The van der Waals surface area contributed by atoms with Gasteiger partial charge in [-0.25, -0.2) is 4.79 Å². The normalized spacial score (nSPS) is 10.6. The molecule has 0 heterocycles. The SMILES string of the molecule is NC(=O)Cc1cccc2ccccc12.O=C(O)CC(O)(CC(=O)O)C(=O)O. The molecule has 0 fully saturated rings. The molecule has 6 N–H and O–H groups in total. The van der Waals surface area contributed by atoms with Gasteiger partial charge in [-0.15, -0.1) is 0 Å². The third-order valence-corrected chi connectivity index (χ3v) is 3.53. The van der Waals surface area contributed by atoms with Crippen LogP contribution in [-0.2, 0) is 25.6 Å². The quantitative estimate of drug-likeness (QED) is 0.466. The maximum Gasteiger partial charge on any atom is 0.336 e. The lowest BCUT2D eigenvalue weighted by Crippen LogP contribution is -2.42. The Balaban J connectivity index is 0.000000271. The van der Waals surface area contributed by atoms with E-state index in [9.17, 15) is 19.2 Å². The fourth-order valence-electron chi connectivity index (χ4n) is 2.35. The van der Waals surface area contributed by atoms with Gasteiger partial charge in [-0.05, 0) is 16.3 Å². The summed E-state index contributed by atoms with van der Waals surface area (Å²) in [5.41, 5.74) is 3.43. The first-order valence-corrected chi connectivity index (χ1v) is 7.69. The van der Waals surface area contributed by atoms with Crippen LogP contribution in [-0.4, -0.2) is 49.8 Å². The summed E-state index contributed by atoms with van der Waals surface area (Å²) in [5.74, 6) is -5.31.